The zero-order valence-electron chi connectivity index (χ0n) is 17.9. The Morgan fingerprint density at radius 1 is 1.00 bits per heavy atom. The molecule has 0 spiro atoms. The molecule has 28 heavy (non-hydrogen) atoms. The van der Waals surface area contributed by atoms with Crippen molar-refractivity contribution in [1.29, 1.82) is 0 Å². The topological polar surface area (TPSA) is 75.7 Å². The number of hydrogen-bond acceptors (Lipinski definition) is 5. The van der Waals surface area contributed by atoms with Gasteiger partial charge in [-0.2, -0.15) is 0 Å². The lowest BCUT2D eigenvalue weighted by Gasteiger charge is -2.09. The Morgan fingerprint density at radius 3 is 2.18 bits per heavy atom. The van der Waals surface area contributed by atoms with Gasteiger partial charge < -0.3 is 15.0 Å². The van der Waals surface area contributed by atoms with E-state index in [1.54, 1.807) is 27.9 Å². The zero-order valence-corrected chi connectivity index (χ0v) is 18.7. The van der Waals surface area contributed by atoms with Gasteiger partial charge in [0.05, 0.1) is 17.0 Å². The van der Waals surface area contributed by atoms with E-state index in [0.717, 1.165) is 30.6 Å². The van der Waals surface area contributed by atoms with Crippen LogP contribution in [-0.2, 0) is 9.53 Å². The minimum atomic E-state index is -0.514. The van der Waals surface area contributed by atoms with E-state index in [0.29, 0.717) is 21.9 Å². The van der Waals surface area contributed by atoms with Crippen LogP contribution in [0.1, 0.15) is 90.8 Å². The van der Waals surface area contributed by atoms with Gasteiger partial charge in [-0.05, 0) is 25.8 Å². The third-order valence-corrected chi connectivity index (χ3v) is 5.68. The molecule has 0 atom stereocenters. The molecule has 0 unspecified atom stereocenters. The maximum Gasteiger partial charge on any atom is 0.341 e. The van der Waals surface area contributed by atoms with Crippen LogP contribution in [0.4, 0.5) is 5.00 Å². The molecule has 2 amide bonds. The van der Waals surface area contributed by atoms with Crippen LogP contribution in [0.3, 0.4) is 0 Å². The average Bonchev–Trinajstić information content (AvgIpc) is 2.96. The number of esters is 1. The highest BCUT2D eigenvalue weighted by molar-refractivity contribution is 7.18. The van der Waals surface area contributed by atoms with Crippen molar-refractivity contribution in [3.8, 4) is 0 Å². The van der Waals surface area contributed by atoms with Crippen LogP contribution in [0.15, 0.2) is 0 Å². The highest BCUT2D eigenvalue weighted by atomic mass is 32.1. The first-order chi connectivity index (χ1) is 13.3. The fourth-order valence-corrected chi connectivity index (χ4v) is 4.12. The van der Waals surface area contributed by atoms with Gasteiger partial charge >= 0.3 is 5.97 Å². The number of hydrogen-bond donors (Lipinski definition) is 1. The van der Waals surface area contributed by atoms with Gasteiger partial charge in [0, 0.05) is 20.5 Å². The van der Waals surface area contributed by atoms with Crippen LogP contribution in [-0.4, -0.2) is 43.4 Å². The van der Waals surface area contributed by atoms with Crippen molar-refractivity contribution in [2.75, 3.05) is 26.0 Å². The first-order valence-corrected chi connectivity index (χ1v) is 11.0. The Hall–Kier alpha value is -1.89. The number of amides is 2. The summed E-state index contributed by atoms with van der Waals surface area (Å²) in [5, 5.41) is 3.22. The summed E-state index contributed by atoms with van der Waals surface area (Å²) in [4.78, 5) is 39.0. The number of rotatable bonds is 12. The average molecular weight is 411 g/mol. The van der Waals surface area contributed by atoms with E-state index in [-0.39, 0.29) is 24.0 Å². The number of nitrogens with zero attached hydrogens (tertiary/aromatic N) is 1. The predicted molar refractivity (Wildman–Crippen MR) is 114 cm³/mol. The summed E-state index contributed by atoms with van der Waals surface area (Å²) in [6.07, 6.45) is 8.35. The largest absolute Gasteiger partial charge is 0.462 e. The molecule has 1 N–H and O–H groups in total. The number of carbonyl (C=O) groups is 3. The molecular formula is C21H34N2O4S. The van der Waals surface area contributed by atoms with Crippen molar-refractivity contribution >= 4 is 34.1 Å². The van der Waals surface area contributed by atoms with Gasteiger partial charge in [-0.1, -0.05) is 45.4 Å². The minimum Gasteiger partial charge on any atom is -0.462 e. The van der Waals surface area contributed by atoms with Gasteiger partial charge in [-0.3, -0.25) is 9.59 Å². The molecule has 7 heteroatoms. The molecule has 1 aromatic heterocycles. The predicted octanol–water partition coefficient (Wildman–Crippen LogP) is 5.01. The van der Waals surface area contributed by atoms with Crippen molar-refractivity contribution in [1.82, 2.24) is 4.90 Å². The quantitative estimate of drug-likeness (QED) is 0.388. The molecule has 1 aromatic rings. The summed E-state index contributed by atoms with van der Waals surface area (Å²) in [6, 6.07) is 0. The summed E-state index contributed by atoms with van der Waals surface area (Å²) >= 11 is 1.13. The van der Waals surface area contributed by atoms with Crippen molar-refractivity contribution in [3.63, 3.8) is 0 Å². The lowest BCUT2D eigenvalue weighted by Crippen LogP contribution is -2.21. The number of ether oxygens (including phenoxy) is 1. The molecule has 0 aliphatic carbocycles. The van der Waals surface area contributed by atoms with E-state index in [9.17, 15) is 14.4 Å². The van der Waals surface area contributed by atoms with Gasteiger partial charge in [0.1, 0.15) is 5.00 Å². The van der Waals surface area contributed by atoms with Crippen LogP contribution in [0, 0.1) is 6.92 Å². The van der Waals surface area contributed by atoms with Crippen molar-refractivity contribution in [2.24, 2.45) is 0 Å². The van der Waals surface area contributed by atoms with Gasteiger partial charge in [-0.25, -0.2) is 4.79 Å². The van der Waals surface area contributed by atoms with E-state index >= 15 is 0 Å². The number of unbranched alkanes of at least 4 members (excludes halogenated alkanes) is 6. The molecule has 0 bridgehead atoms. The number of thiophene rings is 1. The summed E-state index contributed by atoms with van der Waals surface area (Å²) in [7, 11) is 3.31. The van der Waals surface area contributed by atoms with Gasteiger partial charge in [0.15, 0.2) is 0 Å². The van der Waals surface area contributed by atoms with Crippen LogP contribution in [0.5, 0.6) is 0 Å². The van der Waals surface area contributed by atoms with Gasteiger partial charge in [-0.15, -0.1) is 11.3 Å². The van der Waals surface area contributed by atoms with Crippen LogP contribution < -0.4 is 5.32 Å². The summed E-state index contributed by atoms with van der Waals surface area (Å²) < 4.78 is 5.12. The molecule has 0 fully saturated rings. The van der Waals surface area contributed by atoms with E-state index in [4.69, 9.17) is 4.74 Å². The molecular weight excluding hydrogens is 376 g/mol. The first-order valence-electron chi connectivity index (χ1n) is 10.1. The second-order valence-corrected chi connectivity index (χ2v) is 8.12. The number of anilines is 1. The van der Waals surface area contributed by atoms with Crippen LogP contribution in [0.2, 0.25) is 0 Å². The Kier molecular flexibility index (Phi) is 10.8. The smallest absolute Gasteiger partial charge is 0.341 e. The molecule has 1 rings (SSSR count). The van der Waals surface area contributed by atoms with E-state index in [2.05, 4.69) is 12.2 Å². The van der Waals surface area contributed by atoms with Crippen LogP contribution in [0.25, 0.3) is 0 Å². The number of nitrogens with one attached hydrogen (secondary N) is 1. The van der Waals surface area contributed by atoms with Gasteiger partial charge in [0.25, 0.3) is 5.91 Å². The summed E-state index contributed by atoms with van der Waals surface area (Å²) in [6.45, 7) is 5.87. The maximum absolute atomic E-state index is 12.4. The monoisotopic (exact) mass is 410 g/mol. The Balaban J connectivity index is 2.77. The maximum atomic E-state index is 12.4. The minimum absolute atomic E-state index is 0.135. The van der Waals surface area contributed by atoms with E-state index in [1.165, 1.54) is 30.6 Å². The second kappa shape index (κ2) is 12.5. The molecule has 6 nitrogen and oxygen atoms in total. The number of carbonyl (C=O) groups excluding carboxylic acids is 3. The highest BCUT2D eigenvalue weighted by Crippen LogP contribution is 2.34. The SMILES string of the molecule is CCCCCCCCCC(=O)Nc1sc(C(=O)N(C)C)c(C)c1C(=O)OCC. The molecule has 0 aliphatic heterocycles. The van der Waals surface area contributed by atoms with Crippen molar-refractivity contribution in [3.05, 3.63) is 16.0 Å². The molecule has 0 saturated carbocycles. The summed E-state index contributed by atoms with van der Waals surface area (Å²) in [5.41, 5.74) is 0.832. The fourth-order valence-electron chi connectivity index (χ4n) is 2.89. The second-order valence-electron chi connectivity index (χ2n) is 7.10. The Morgan fingerprint density at radius 2 is 1.61 bits per heavy atom. The third kappa shape index (κ3) is 7.26. The Labute approximate surface area is 172 Å². The first kappa shape index (κ1) is 24.1. The molecule has 0 saturated heterocycles. The zero-order chi connectivity index (χ0) is 21.1. The molecule has 0 radical (unpaired) electrons. The normalized spacial score (nSPS) is 10.6. The lowest BCUT2D eigenvalue weighted by molar-refractivity contribution is -0.116. The summed E-state index contributed by atoms with van der Waals surface area (Å²) in [5.74, 6) is -0.842. The molecule has 158 valence electrons. The molecule has 0 aromatic carbocycles. The van der Waals surface area contributed by atoms with E-state index in [1.807, 2.05) is 0 Å². The molecule has 1 heterocycles. The van der Waals surface area contributed by atoms with Crippen molar-refractivity contribution < 1.29 is 19.1 Å². The standard InChI is InChI=1S/C21H34N2O4S/c1-6-8-9-10-11-12-13-14-16(24)22-19-17(21(26)27-7-2)15(3)18(28-19)20(25)23(4)5/h6-14H2,1-5H3,(H,22,24). The van der Waals surface area contributed by atoms with E-state index < -0.39 is 5.97 Å². The highest BCUT2D eigenvalue weighted by Gasteiger charge is 2.27. The molecule has 0 aliphatic rings. The lowest BCUT2D eigenvalue weighted by atomic mass is 10.1. The van der Waals surface area contributed by atoms with Crippen molar-refractivity contribution in [2.45, 2.75) is 72.1 Å². The van der Waals surface area contributed by atoms with Gasteiger partial charge in [0.2, 0.25) is 5.91 Å². The van der Waals surface area contributed by atoms with Crippen LogP contribution >= 0.6 is 11.3 Å². The Bertz CT molecular complexity index is 668. The fraction of sp³-hybridized carbons (Fsp3) is 0.667. The third-order valence-electron chi connectivity index (χ3n) is 4.49.